The molecule has 0 aromatic rings. The van der Waals surface area contributed by atoms with Crippen LogP contribution in [-0.4, -0.2) is 40.6 Å². The molecule has 0 saturated carbocycles. The lowest BCUT2D eigenvalue weighted by molar-refractivity contribution is -0.138. The number of carbonyl (C=O) groups excluding carboxylic acids is 1. The van der Waals surface area contributed by atoms with Gasteiger partial charge in [-0.25, -0.2) is 0 Å². The molecule has 0 aromatic heterocycles. The number of unbranched alkanes of at least 4 members (excludes halogenated alkanes) is 3. The van der Waals surface area contributed by atoms with Gasteiger partial charge in [-0.05, 0) is 19.3 Å². The molecule has 1 atom stereocenters. The summed E-state index contributed by atoms with van der Waals surface area (Å²) in [7, 11) is 0. The molecule has 0 saturated heterocycles. The summed E-state index contributed by atoms with van der Waals surface area (Å²) in [4.78, 5) is 32.0. The highest BCUT2D eigenvalue weighted by Gasteiger charge is 2.13. The van der Waals surface area contributed by atoms with Gasteiger partial charge in [0.2, 0.25) is 5.91 Å². The van der Waals surface area contributed by atoms with Crippen LogP contribution in [0.25, 0.3) is 0 Å². The SMILES string of the molecule is NC(CCC(=O)O)C(=O)NCCCCCCC(=O)O. The first-order chi connectivity index (χ1) is 8.93. The van der Waals surface area contributed by atoms with Crippen molar-refractivity contribution >= 4 is 17.8 Å². The molecule has 7 heteroatoms. The predicted octanol–water partition coefficient (Wildman–Crippen LogP) is 0.330. The Kier molecular flexibility index (Phi) is 9.42. The van der Waals surface area contributed by atoms with Gasteiger partial charge in [0.1, 0.15) is 0 Å². The van der Waals surface area contributed by atoms with E-state index in [1.165, 1.54) is 0 Å². The highest BCUT2D eigenvalue weighted by molar-refractivity contribution is 5.82. The molecular weight excluding hydrogens is 252 g/mol. The monoisotopic (exact) mass is 274 g/mol. The number of carboxylic acids is 2. The van der Waals surface area contributed by atoms with Gasteiger partial charge in [0.25, 0.3) is 0 Å². The topological polar surface area (TPSA) is 130 Å². The summed E-state index contributed by atoms with van der Waals surface area (Å²) < 4.78 is 0. The van der Waals surface area contributed by atoms with Gasteiger partial charge in [0.15, 0.2) is 0 Å². The van der Waals surface area contributed by atoms with Crippen molar-refractivity contribution in [2.45, 2.75) is 51.0 Å². The van der Waals surface area contributed by atoms with Crippen LogP contribution in [0.3, 0.4) is 0 Å². The summed E-state index contributed by atoms with van der Waals surface area (Å²) in [6, 6.07) is -0.789. The molecule has 1 unspecified atom stereocenters. The zero-order valence-electron chi connectivity index (χ0n) is 10.9. The Morgan fingerprint density at radius 2 is 1.53 bits per heavy atom. The van der Waals surface area contributed by atoms with E-state index in [0.717, 1.165) is 19.3 Å². The van der Waals surface area contributed by atoms with Crippen molar-refractivity contribution < 1.29 is 24.6 Å². The van der Waals surface area contributed by atoms with E-state index in [1.54, 1.807) is 0 Å². The van der Waals surface area contributed by atoms with Crippen molar-refractivity contribution in [3.05, 3.63) is 0 Å². The normalized spacial score (nSPS) is 11.8. The second-order valence-electron chi connectivity index (χ2n) is 4.39. The first kappa shape index (κ1) is 17.4. The Morgan fingerprint density at radius 3 is 2.11 bits per heavy atom. The molecule has 110 valence electrons. The molecule has 1 amide bonds. The largest absolute Gasteiger partial charge is 0.481 e. The molecule has 0 bridgehead atoms. The van der Waals surface area contributed by atoms with Crippen LogP contribution in [0.5, 0.6) is 0 Å². The van der Waals surface area contributed by atoms with Gasteiger partial charge in [-0.1, -0.05) is 12.8 Å². The third kappa shape index (κ3) is 11.2. The van der Waals surface area contributed by atoms with Crippen LogP contribution in [0.4, 0.5) is 0 Å². The number of hydrogen-bond acceptors (Lipinski definition) is 4. The van der Waals surface area contributed by atoms with Gasteiger partial charge in [0.05, 0.1) is 6.04 Å². The van der Waals surface area contributed by atoms with E-state index in [0.29, 0.717) is 13.0 Å². The van der Waals surface area contributed by atoms with Crippen LogP contribution >= 0.6 is 0 Å². The summed E-state index contributed by atoms with van der Waals surface area (Å²) in [6.07, 6.45) is 3.24. The van der Waals surface area contributed by atoms with Crippen molar-refractivity contribution in [2.75, 3.05) is 6.54 Å². The van der Waals surface area contributed by atoms with Gasteiger partial charge >= 0.3 is 11.9 Å². The van der Waals surface area contributed by atoms with Crippen LogP contribution < -0.4 is 11.1 Å². The number of nitrogens with two attached hydrogens (primary N) is 1. The van der Waals surface area contributed by atoms with Crippen LogP contribution in [-0.2, 0) is 14.4 Å². The molecule has 0 spiro atoms. The van der Waals surface area contributed by atoms with Gasteiger partial charge in [-0.2, -0.15) is 0 Å². The Morgan fingerprint density at radius 1 is 0.947 bits per heavy atom. The average molecular weight is 274 g/mol. The summed E-state index contributed by atoms with van der Waals surface area (Å²) in [6.45, 7) is 0.479. The van der Waals surface area contributed by atoms with Crippen molar-refractivity contribution in [1.82, 2.24) is 5.32 Å². The Labute approximate surface area is 112 Å². The molecule has 0 rings (SSSR count). The predicted molar refractivity (Wildman–Crippen MR) is 68.6 cm³/mol. The molecule has 19 heavy (non-hydrogen) atoms. The minimum atomic E-state index is -0.971. The maximum atomic E-state index is 11.4. The molecule has 0 aliphatic rings. The standard InChI is InChI=1S/C12H22N2O5/c13-9(6-7-11(17)18)12(19)14-8-4-2-1-3-5-10(15)16/h9H,1-8,13H2,(H,14,19)(H,15,16)(H,17,18). The second-order valence-corrected chi connectivity index (χ2v) is 4.39. The fraction of sp³-hybridized carbons (Fsp3) is 0.750. The van der Waals surface area contributed by atoms with E-state index in [-0.39, 0.29) is 25.2 Å². The number of hydrogen-bond donors (Lipinski definition) is 4. The molecule has 0 aliphatic carbocycles. The van der Waals surface area contributed by atoms with Crippen molar-refractivity contribution in [3.8, 4) is 0 Å². The first-order valence-electron chi connectivity index (χ1n) is 6.40. The van der Waals surface area contributed by atoms with Crippen LogP contribution in [0.1, 0.15) is 44.9 Å². The van der Waals surface area contributed by atoms with E-state index in [9.17, 15) is 14.4 Å². The van der Waals surface area contributed by atoms with Crippen LogP contribution in [0.15, 0.2) is 0 Å². The number of aliphatic carboxylic acids is 2. The van der Waals surface area contributed by atoms with Gasteiger partial charge in [-0.15, -0.1) is 0 Å². The average Bonchev–Trinajstić information content (AvgIpc) is 2.33. The number of carboxylic acid groups (broad SMARTS) is 2. The Balaban J connectivity index is 3.47. The summed E-state index contributed by atoms with van der Waals surface area (Å²) in [5.74, 6) is -2.11. The van der Waals surface area contributed by atoms with Gasteiger partial charge < -0.3 is 21.3 Å². The molecule has 0 fully saturated rings. The maximum Gasteiger partial charge on any atom is 0.303 e. The molecule has 0 aromatic carbocycles. The third-order valence-electron chi connectivity index (χ3n) is 2.62. The molecular formula is C12H22N2O5. The Hall–Kier alpha value is -1.63. The van der Waals surface area contributed by atoms with Gasteiger partial charge in [0, 0.05) is 19.4 Å². The van der Waals surface area contributed by atoms with E-state index >= 15 is 0 Å². The number of carbonyl (C=O) groups is 3. The highest BCUT2D eigenvalue weighted by Crippen LogP contribution is 2.02. The fourth-order valence-corrected chi connectivity index (χ4v) is 1.51. The lowest BCUT2D eigenvalue weighted by atomic mass is 10.1. The van der Waals surface area contributed by atoms with E-state index < -0.39 is 18.0 Å². The highest BCUT2D eigenvalue weighted by atomic mass is 16.4. The van der Waals surface area contributed by atoms with E-state index in [2.05, 4.69) is 5.32 Å². The minimum absolute atomic E-state index is 0.121. The van der Waals surface area contributed by atoms with Crippen molar-refractivity contribution in [2.24, 2.45) is 5.73 Å². The quantitative estimate of drug-likeness (QED) is 0.402. The Bertz CT molecular complexity index is 306. The zero-order chi connectivity index (χ0) is 14.7. The van der Waals surface area contributed by atoms with Crippen LogP contribution in [0.2, 0.25) is 0 Å². The first-order valence-corrected chi connectivity index (χ1v) is 6.40. The minimum Gasteiger partial charge on any atom is -0.481 e. The molecule has 0 heterocycles. The smallest absolute Gasteiger partial charge is 0.303 e. The lowest BCUT2D eigenvalue weighted by Gasteiger charge is -2.10. The molecule has 7 nitrogen and oxygen atoms in total. The van der Waals surface area contributed by atoms with Crippen molar-refractivity contribution in [1.29, 1.82) is 0 Å². The zero-order valence-corrected chi connectivity index (χ0v) is 10.9. The number of nitrogens with one attached hydrogen (secondary N) is 1. The maximum absolute atomic E-state index is 11.4. The summed E-state index contributed by atoms with van der Waals surface area (Å²) in [5.41, 5.74) is 5.52. The lowest BCUT2D eigenvalue weighted by Crippen LogP contribution is -2.41. The molecule has 5 N–H and O–H groups in total. The summed E-state index contributed by atoms with van der Waals surface area (Å²) >= 11 is 0. The summed E-state index contributed by atoms with van der Waals surface area (Å²) in [5, 5.41) is 19.5. The van der Waals surface area contributed by atoms with Crippen molar-refractivity contribution in [3.63, 3.8) is 0 Å². The number of rotatable bonds is 11. The van der Waals surface area contributed by atoms with Crippen LogP contribution in [0, 0.1) is 0 Å². The fourth-order valence-electron chi connectivity index (χ4n) is 1.51. The second kappa shape index (κ2) is 10.3. The molecule has 0 aliphatic heterocycles. The number of amides is 1. The third-order valence-corrected chi connectivity index (χ3v) is 2.62. The van der Waals surface area contributed by atoms with E-state index in [4.69, 9.17) is 15.9 Å². The van der Waals surface area contributed by atoms with Gasteiger partial charge in [-0.3, -0.25) is 14.4 Å². The molecule has 0 radical (unpaired) electrons. The van der Waals surface area contributed by atoms with E-state index in [1.807, 2.05) is 0 Å².